The van der Waals surface area contributed by atoms with E-state index in [1.807, 2.05) is 36.0 Å². The van der Waals surface area contributed by atoms with Crippen LogP contribution in [0.5, 0.6) is 0 Å². The van der Waals surface area contributed by atoms with Crippen molar-refractivity contribution in [1.29, 1.82) is 0 Å². The van der Waals surface area contributed by atoms with Gasteiger partial charge in [0.05, 0.1) is 0 Å². The van der Waals surface area contributed by atoms with Crippen LogP contribution in [0, 0.1) is 12.8 Å². The topological polar surface area (TPSA) is 32.3 Å². The van der Waals surface area contributed by atoms with Crippen LogP contribution in [-0.4, -0.2) is 23.9 Å². The van der Waals surface area contributed by atoms with Crippen LogP contribution in [0.2, 0.25) is 0 Å². The average molecular weight is 445 g/mol. The standard InChI is InChI=1S/C28H32N2OS/c1-21-7-6-16-30(18-21)19-23-10-13-25(14-11-23)28(31)29-27-15-12-24(17-22(27)2)20-32-26-8-4-3-5-9-26/h3-5,8-15,17,21H,6-7,16,18-20H2,1-2H3,(H,29,31)/t21-/m1/s1. The number of benzene rings is 3. The Hall–Kier alpha value is -2.56. The number of rotatable bonds is 7. The zero-order valence-electron chi connectivity index (χ0n) is 19.0. The lowest BCUT2D eigenvalue weighted by atomic mass is 9.99. The van der Waals surface area contributed by atoms with Gasteiger partial charge in [0.15, 0.2) is 0 Å². The number of anilines is 1. The molecule has 4 heteroatoms. The third-order valence-corrected chi connectivity index (χ3v) is 7.13. The number of hydrogen-bond acceptors (Lipinski definition) is 3. The van der Waals surface area contributed by atoms with E-state index >= 15 is 0 Å². The quantitative estimate of drug-likeness (QED) is 0.408. The van der Waals surface area contributed by atoms with Gasteiger partial charge in [-0.3, -0.25) is 9.69 Å². The number of nitrogens with zero attached hydrogens (tertiary/aromatic N) is 1. The van der Waals surface area contributed by atoms with E-state index in [4.69, 9.17) is 0 Å². The Bertz CT molecular complexity index is 1030. The number of amides is 1. The molecule has 4 rings (SSSR count). The molecule has 32 heavy (non-hydrogen) atoms. The van der Waals surface area contributed by atoms with Gasteiger partial charge in [-0.05, 0) is 79.3 Å². The van der Waals surface area contributed by atoms with Crippen molar-refractivity contribution in [3.63, 3.8) is 0 Å². The van der Waals surface area contributed by atoms with Crippen LogP contribution in [0.15, 0.2) is 77.7 Å². The second-order valence-electron chi connectivity index (χ2n) is 8.88. The van der Waals surface area contributed by atoms with E-state index in [1.165, 1.54) is 42.0 Å². The highest BCUT2D eigenvalue weighted by Crippen LogP contribution is 2.25. The van der Waals surface area contributed by atoms with Gasteiger partial charge in [-0.15, -0.1) is 11.8 Å². The Kier molecular flexibility index (Phi) is 7.67. The Morgan fingerprint density at radius 2 is 1.78 bits per heavy atom. The molecule has 0 radical (unpaired) electrons. The van der Waals surface area contributed by atoms with Crippen molar-refractivity contribution in [1.82, 2.24) is 4.90 Å². The first kappa shape index (κ1) is 22.6. The zero-order valence-corrected chi connectivity index (χ0v) is 19.8. The summed E-state index contributed by atoms with van der Waals surface area (Å²) in [5, 5.41) is 3.08. The molecule has 1 fully saturated rings. The molecule has 0 aliphatic carbocycles. The van der Waals surface area contributed by atoms with Crippen molar-refractivity contribution in [2.45, 2.75) is 43.9 Å². The van der Waals surface area contributed by atoms with Gasteiger partial charge in [0.1, 0.15) is 0 Å². The molecule has 0 spiro atoms. The van der Waals surface area contributed by atoms with E-state index in [1.54, 1.807) is 0 Å². The van der Waals surface area contributed by atoms with Gasteiger partial charge < -0.3 is 5.32 Å². The highest BCUT2D eigenvalue weighted by molar-refractivity contribution is 7.98. The fourth-order valence-corrected chi connectivity index (χ4v) is 5.15. The normalized spacial score (nSPS) is 16.6. The monoisotopic (exact) mass is 444 g/mol. The molecule has 0 aromatic heterocycles. The number of carbonyl (C=O) groups excluding carboxylic acids is 1. The first-order valence-electron chi connectivity index (χ1n) is 11.5. The molecule has 166 valence electrons. The fraction of sp³-hybridized carbons (Fsp3) is 0.321. The molecule has 1 amide bonds. The molecule has 0 bridgehead atoms. The summed E-state index contributed by atoms with van der Waals surface area (Å²) in [7, 11) is 0. The molecule has 0 unspecified atom stereocenters. The highest BCUT2D eigenvalue weighted by Gasteiger charge is 2.16. The van der Waals surface area contributed by atoms with Gasteiger partial charge in [-0.1, -0.05) is 49.4 Å². The Labute approximate surface area is 196 Å². The Morgan fingerprint density at radius 1 is 1.03 bits per heavy atom. The number of piperidine rings is 1. The Morgan fingerprint density at radius 3 is 2.50 bits per heavy atom. The summed E-state index contributed by atoms with van der Waals surface area (Å²) in [5.74, 6) is 1.63. The highest BCUT2D eigenvalue weighted by atomic mass is 32.2. The van der Waals surface area contributed by atoms with Crippen LogP contribution in [0.1, 0.15) is 46.8 Å². The van der Waals surface area contributed by atoms with Crippen molar-refractivity contribution in [2.24, 2.45) is 5.92 Å². The summed E-state index contributed by atoms with van der Waals surface area (Å²) in [5.41, 5.74) is 5.18. The number of hydrogen-bond donors (Lipinski definition) is 1. The first-order chi connectivity index (χ1) is 15.6. The van der Waals surface area contributed by atoms with Crippen molar-refractivity contribution in [3.8, 4) is 0 Å². The fourth-order valence-electron chi connectivity index (χ4n) is 4.28. The van der Waals surface area contributed by atoms with Crippen molar-refractivity contribution in [3.05, 3.63) is 95.1 Å². The number of likely N-dealkylation sites (tertiary alicyclic amines) is 1. The lowest BCUT2D eigenvalue weighted by Crippen LogP contribution is -2.33. The van der Waals surface area contributed by atoms with E-state index in [0.717, 1.165) is 29.5 Å². The summed E-state index contributed by atoms with van der Waals surface area (Å²) in [6.45, 7) is 7.69. The molecule has 0 saturated carbocycles. The minimum absolute atomic E-state index is 0.0577. The van der Waals surface area contributed by atoms with Gasteiger partial charge in [-0.25, -0.2) is 0 Å². The van der Waals surface area contributed by atoms with Crippen LogP contribution < -0.4 is 5.32 Å². The predicted octanol–water partition coefficient (Wildman–Crippen LogP) is 6.77. The molecule has 1 heterocycles. The summed E-state index contributed by atoms with van der Waals surface area (Å²) in [4.78, 5) is 16.6. The van der Waals surface area contributed by atoms with Crippen molar-refractivity contribution >= 4 is 23.4 Å². The second kappa shape index (κ2) is 10.8. The van der Waals surface area contributed by atoms with Gasteiger partial charge in [0, 0.05) is 35.0 Å². The Balaban J connectivity index is 1.32. The van der Waals surface area contributed by atoms with Gasteiger partial charge in [-0.2, -0.15) is 0 Å². The molecule has 3 nitrogen and oxygen atoms in total. The summed E-state index contributed by atoms with van der Waals surface area (Å²) < 4.78 is 0. The van der Waals surface area contributed by atoms with Gasteiger partial charge >= 0.3 is 0 Å². The molecule has 3 aromatic carbocycles. The van der Waals surface area contributed by atoms with E-state index in [-0.39, 0.29) is 5.91 Å². The molecule has 1 aliphatic heterocycles. The van der Waals surface area contributed by atoms with Crippen LogP contribution >= 0.6 is 11.8 Å². The van der Waals surface area contributed by atoms with Gasteiger partial charge in [0.25, 0.3) is 5.91 Å². The summed E-state index contributed by atoms with van der Waals surface area (Å²) in [6.07, 6.45) is 2.62. The van der Waals surface area contributed by atoms with E-state index < -0.39 is 0 Å². The zero-order chi connectivity index (χ0) is 22.3. The molecule has 3 aromatic rings. The summed E-state index contributed by atoms with van der Waals surface area (Å²) >= 11 is 1.82. The van der Waals surface area contributed by atoms with Crippen LogP contribution in [0.4, 0.5) is 5.69 Å². The number of carbonyl (C=O) groups is 1. The van der Waals surface area contributed by atoms with Crippen molar-refractivity contribution in [2.75, 3.05) is 18.4 Å². The number of thioether (sulfide) groups is 1. The van der Waals surface area contributed by atoms with E-state index in [9.17, 15) is 4.79 Å². The van der Waals surface area contributed by atoms with Crippen LogP contribution in [-0.2, 0) is 12.3 Å². The van der Waals surface area contributed by atoms with E-state index in [2.05, 4.69) is 72.6 Å². The maximum Gasteiger partial charge on any atom is 0.255 e. The SMILES string of the molecule is Cc1cc(CSc2ccccc2)ccc1NC(=O)c1ccc(CN2CCC[C@@H](C)C2)cc1. The number of nitrogens with one attached hydrogen (secondary N) is 1. The predicted molar refractivity (Wildman–Crippen MR) is 135 cm³/mol. The molecular weight excluding hydrogens is 412 g/mol. The third-order valence-electron chi connectivity index (χ3n) is 6.05. The number of aryl methyl sites for hydroxylation is 1. The smallest absolute Gasteiger partial charge is 0.255 e. The van der Waals surface area contributed by atoms with Crippen molar-refractivity contribution < 1.29 is 4.79 Å². The van der Waals surface area contributed by atoms with E-state index in [0.29, 0.717) is 5.56 Å². The molecule has 1 N–H and O–H groups in total. The lowest BCUT2D eigenvalue weighted by molar-refractivity contribution is 0.102. The maximum absolute atomic E-state index is 12.8. The molecule has 1 saturated heterocycles. The molecule has 1 atom stereocenters. The molecule has 1 aliphatic rings. The van der Waals surface area contributed by atoms with Crippen LogP contribution in [0.25, 0.3) is 0 Å². The minimum atomic E-state index is -0.0577. The lowest BCUT2D eigenvalue weighted by Gasteiger charge is -2.30. The maximum atomic E-state index is 12.8. The van der Waals surface area contributed by atoms with Crippen LogP contribution in [0.3, 0.4) is 0 Å². The largest absolute Gasteiger partial charge is 0.322 e. The third kappa shape index (κ3) is 6.24. The summed E-state index contributed by atoms with van der Waals surface area (Å²) in [6, 6.07) is 24.8. The van der Waals surface area contributed by atoms with Gasteiger partial charge in [0.2, 0.25) is 0 Å². The minimum Gasteiger partial charge on any atom is -0.322 e. The first-order valence-corrected chi connectivity index (χ1v) is 12.5. The average Bonchev–Trinajstić information content (AvgIpc) is 2.80. The molecular formula is C28H32N2OS. The second-order valence-corrected chi connectivity index (χ2v) is 9.93.